The molecular formula is C23H26N2O5. The lowest BCUT2D eigenvalue weighted by Crippen LogP contribution is -2.30. The van der Waals surface area contributed by atoms with Crippen LogP contribution in [0.2, 0.25) is 0 Å². The number of ether oxygens (including phenoxy) is 2. The van der Waals surface area contributed by atoms with Gasteiger partial charge in [-0.2, -0.15) is 0 Å². The van der Waals surface area contributed by atoms with Crippen molar-refractivity contribution in [3.05, 3.63) is 64.7 Å². The molecule has 2 aromatic carbocycles. The monoisotopic (exact) mass is 410 g/mol. The van der Waals surface area contributed by atoms with Gasteiger partial charge in [-0.15, -0.1) is 0 Å². The van der Waals surface area contributed by atoms with Gasteiger partial charge in [-0.3, -0.25) is 9.69 Å². The maximum Gasteiger partial charge on any atom is 0.338 e. The Bertz CT molecular complexity index is 938. The summed E-state index contributed by atoms with van der Waals surface area (Å²) in [6.45, 7) is 6.81. The van der Waals surface area contributed by atoms with E-state index < -0.39 is 12.0 Å². The number of carbonyl (C=O) groups excluding carboxylic acids is 3. The van der Waals surface area contributed by atoms with Crippen LogP contribution in [0.3, 0.4) is 0 Å². The van der Waals surface area contributed by atoms with Crippen LogP contribution >= 0.6 is 0 Å². The van der Waals surface area contributed by atoms with Gasteiger partial charge in [0, 0.05) is 0 Å². The van der Waals surface area contributed by atoms with Crippen molar-refractivity contribution in [2.45, 2.75) is 33.2 Å². The van der Waals surface area contributed by atoms with Crippen molar-refractivity contribution in [2.24, 2.45) is 0 Å². The maximum absolute atomic E-state index is 12.3. The van der Waals surface area contributed by atoms with Crippen molar-refractivity contribution in [1.29, 1.82) is 0 Å². The predicted octanol–water partition coefficient (Wildman–Crippen LogP) is 3.41. The SMILES string of the molecule is Cc1cc(OCCOC(=O)c2cccc(CN3C(=O)CNC3=O)c2)ccc1C(C)C. The summed E-state index contributed by atoms with van der Waals surface area (Å²) in [5.41, 5.74) is 3.48. The molecule has 1 heterocycles. The van der Waals surface area contributed by atoms with Gasteiger partial charge >= 0.3 is 12.0 Å². The number of hydrogen-bond donors (Lipinski definition) is 1. The van der Waals surface area contributed by atoms with Crippen molar-refractivity contribution in [3.8, 4) is 5.75 Å². The summed E-state index contributed by atoms with van der Waals surface area (Å²) < 4.78 is 11.0. The molecule has 7 heteroatoms. The zero-order valence-electron chi connectivity index (χ0n) is 17.4. The third-order valence-electron chi connectivity index (χ3n) is 4.89. The number of imide groups is 1. The Hall–Kier alpha value is -3.35. The maximum atomic E-state index is 12.3. The highest BCUT2D eigenvalue weighted by Crippen LogP contribution is 2.23. The van der Waals surface area contributed by atoms with E-state index in [4.69, 9.17) is 9.47 Å². The zero-order chi connectivity index (χ0) is 21.7. The Morgan fingerprint density at radius 2 is 1.93 bits per heavy atom. The van der Waals surface area contributed by atoms with Gasteiger partial charge in [-0.1, -0.05) is 32.0 Å². The first kappa shape index (κ1) is 21.4. The fourth-order valence-corrected chi connectivity index (χ4v) is 3.36. The number of carbonyl (C=O) groups is 3. The lowest BCUT2D eigenvalue weighted by Gasteiger charge is -2.13. The first-order valence-corrected chi connectivity index (χ1v) is 9.92. The number of esters is 1. The quantitative estimate of drug-likeness (QED) is 0.410. The van der Waals surface area contributed by atoms with Gasteiger partial charge in [0.15, 0.2) is 0 Å². The first-order valence-electron chi connectivity index (χ1n) is 9.92. The molecular weight excluding hydrogens is 384 g/mol. The van der Waals surface area contributed by atoms with E-state index in [0.29, 0.717) is 17.0 Å². The summed E-state index contributed by atoms with van der Waals surface area (Å²) in [5, 5.41) is 2.47. The summed E-state index contributed by atoms with van der Waals surface area (Å²) in [7, 11) is 0. The Kier molecular flexibility index (Phi) is 6.72. The van der Waals surface area contributed by atoms with Crippen LogP contribution in [0.15, 0.2) is 42.5 Å². The fourth-order valence-electron chi connectivity index (χ4n) is 3.36. The lowest BCUT2D eigenvalue weighted by molar-refractivity contribution is -0.125. The summed E-state index contributed by atoms with van der Waals surface area (Å²) >= 11 is 0. The number of rotatable bonds is 8. The van der Waals surface area contributed by atoms with Crippen molar-refractivity contribution in [1.82, 2.24) is 10.2 Å². The molecule has 158 valence electrons. The summed E-state index contributed by atoms with van der Waals surface area (Å²) in [4.78, 5) is 36.8. The van der Waals surface area contributed by atoms with Crippen LogP contribution in [-0.4, -0.2) is 42.6 Å². The molecule has 3 amide bonds. The van der Waals surface area contributed by atoms with Gasteiger partial charge < -0.3 is 14.8 Å². The lowest BCUT2D eigenvalue weighted by atomic mass is 9.98. The Labute approximate surface area is 176 Å². The summed E-state index contributed by atoms with van der Waals surface area (Å²) in [5.74, 6) is 0.419. The van der Waals surface area contributed by atoms with Crippen molar-refractivity contribution >= 4 is 17.9 Å². The van der Waals surface area contributed by atoms with Crippen LogP contribution in [-0.2, 0) is 16.1 Å². The topological polar surface area (TPSA) is 84.9 Å². The van der Waals surface area contributed by atoms with Crippen LogP contribution in [0.1, 0.15) is 46.8 Å². The molecule has 0 atom stereocenters. The second kappa shape index (κ2) is 9.43. The largest absolute Gasteiger partial charge is 0.490 e. The van der Waals surface area contributed by atoms with Crippen LogP contribution in [0.25, 0.3) is 0 Å². The molecule has 0 bridgehead atoms. The number of hydrogen-bond acceptors (Lipinski definition) is 5. The van der Waals surface area contributed by atoms with Crippen LogP contribution in [0.4, 0.5) is 4.79 Å². The van der Waals surface area contributed by atoms with Crippen molar-refractivity contribution in [2.75, 3.05) is 19.8 Å². The standard InChI is InChI=1S/C23H26N2O5/c1-15(2)20-8-7-19(11-16(20)3)29-9-10-30-22(27)18-6-4-5-17(12-18)14-25-21(26)13-24-23(25)28/h4-8,11-12,15H,9-10,13-14H2,1-3H3,(H,24,28). The predicted molar refractivity (Wildman–Crippen MR) is 111 cm³/mol. The van der Waals surface area contributed by atoms with E-state index in [9.17, 15) is 14.4 Å². The highest BCUT2D eigenvalue weighted by atomic mass is 16.6. The van der Waals surface area contributed by atoms with Gasteiger partial charge in [-0.25, -0.2) is 9.59 Å². The molecule has 1 fully saturated rings. The highest BCUT2D eigenvalue weighted by molar-refractivity contribution is 6.01. The first-order chi connectivity index (χ1) is 14.3. The molecule has 2 aromatic rings. The molecule has 30 heavy (non-hydrogen) atoms. The van der Waals surface area contributed by atoms with Gasteiger partial charge in [0.2, 0.25) is 5.91 Å². The third kappa shape index (κ3) is 5.17. The van der Waals surface area contributed by atoms with Gasteiger partial charge in [-0.05, 0) is 53.8 Å². The molecule has 0 unspecified atom stereocenters. The Balaban J connectivity index is 1.50. The molecule has 0 aromatic heterocycles. The van der Waals surface area contributed by atoms with E-state index in [0.717, 1.165) is 10.6 Å². The molecule has 0 radical (unpaired) electrons. The number of nitrogens with zero attached hydrogens (tertiary/aromatic N) is 1. The van der Waals surface area contributed by atoms with E-state index in [1.807, 2.05) is 12.1 Å². The van der Waals surface area contributed by atoms with Gasteiger partial charge in [0.05, 0.1) is 18.7 Å². The number of amides is 3. The third-order valence-corrected chi connectivity index (χ3v) is 4.89. The molecule has 0 saturated carbocycles. The molecule has 0 spiro atoms. The normalized spacial score (nSPS) is 13.5. The van der Waals surface area contributed by atoms with E-state index >= 15 is 0 Å². The van der Waals surface area contributed by atoms with Crippen LogP contribution < -0.4 is 10.1 Å². The summed E-state index contributed by atoms with van der Waals surface area (Å²) in [6.07, 6.45) is 0. The second-order valence-electron chi connectivity index (χ2n) is 7.50. The molecule has 1 N–H and O–H groups in total. The number of nitrogens with one attached hydrogen (secondary N) is 1. The number of aryl methyl sites for hydroxylation is 1. The number of urea groups is 1. The van der Waals surface area contributed by atoms with E-state index in [1.54, 1.807) is 24.3 Å². The van der Waals surface area contributed by atoms with Gasteiger partial charge in [0.25, 0.3) is 0 Å². The number of benzene rings is 2. The van der Waals surface area contributed by atoms with Crippen LogP contribution in [0, 0.1) is 6.92 Å². The van der Waals surface area contributed by atoms with E-state index in [2.05, 4.69) is 32.2 Å². The summed E-state index contributed by atoms with van der Waals surface area (Å²) in [6, 6.07) is 12.2. The molecule has 1 aliphatic heterocycles. The average molecular weight is 410 g/mol. The minimum atomic E-state index is -0.482. The molecule has 0 aliphatic carbocycles. The average Bonchev–Trinajstić information content (AvgIpc) is 3.03. The fraction of sp³-hybridized carbons (Fsp3) is 0.348. The van der Waals surface area contributed by atoms with Crippen LogP contribution in [0.5, 0.6) is 5.75 Å². The van der Waals surface area contributed by atoms with Gasteiger partial charge in [0.1, 0.15) is 19.0 Å². The minimum absolute atomic E-state index is 0.000285. The highest BCUT2D eigenvalue weighted by Gasteiger charge is 2.28. The van der Waals surface area contributed by atoms with E-state index in [-0.39, 0.29) is 32.2 Å². The second-order valence-corrected chi connectivity index (χ2v) is 7.50. The van der Waals surface area contributed by atoms with Crippen molar-refractivity contribution < 1.29 is 23.9 Å². The molecule has 3 rings (SSSR count). The van der Waals surface area contributed by atoms with Crippen molar-refractivity contribution in [3.63, 3.8) is 0 Å². The zero-order valence-corrected chi connectivity index (χ0v) is 17.4. The molecule has 7 nitrogen and oxygen atoms in total. The minimum Gasteiger partial charge on any atom is -0.490 e. The van der Waals surface area contributed by atoms with E-state index in [1.165, 1.54) is 11.1 Å². The molecule has 1 saturated heterocycles. The molecule has 1 aliphatic rings. The smallest absolute Gasteiger partial charge is 0.338 e. The Morgan fingerprint density at radius 1 is 1.13 bits per heavy atom. The Morgan fingerprint density at radius 3 is 2.60 bits per heavy atom.